The highest BCUT2D eigenvalue weighted by Crippen LogP contribution is 2.13. The molecule has 1 heterocycles. The first-order valence-electron chi connectivity index (χ1n) is 5.94. The molecule has 0 fully saturated rings. The normalized spacial score (nSPS) is 10.4. The van der Waals surface area contributed by atoms with Crippen molar-refractivity contribution in [3.05, 3.63) is 51.9 Å². The number of nitrogens with two attached hydrogens (primary N) is 1. The van der Waals surface area contributed by atoms with Gasteiger partial charge in [0.1, 0.15) is 5.75 Å². The highest BCUT2D eigenvalue weighted by Gasteiger charge is 2.13. The lowest BCUT2D eigenvalue weighted by Crippen LogP contribution is -2.19. The summed E-state index contributed by atoms with van der Waals surface area (Å²) in [5.74, 6) is 0.365. The zero-order chi connectivity index (χ0) is 13.8. The third-order valence-electron chi connectivity index (χ3n) is 2.63. The predicted octanol–water partition coefficient (Wildman–Crippen LogP) is 0.722. The zero-order valence-corrected chi connectivity index (χ0v) is 10.6. The van der Waals surface area contributed by atoms with Crippen molar-refractivity contribution in [1.82, 2.24) is 9.78 Å². The molecule has 0 aliphatic carbocycles. The molecule has 0 aliphatic rings. The molecule has 3 N–H and O–H groups in total. The van der Waals surface area contributed by atoms with Gasteiger partial charge in [-0.25, -0.2) is 4.68 Å². The monoisotopic (exact) mass is 261 g/mol. The van der Waals surface area contributed by atoms with Crippen LogP contribution in [-0.2, 0) is 6.54 Å². The fraction of sp³-hybridized carbons (Fsp3) is 0.231. The van der Waals surface area contributed by atoms with E-state index in [4.69, 9.17) is 10.5 Å². The van der Waals surface area contributed by atoms with Crippen LogP contribution in [0.1, 0.15) is 23.0 Å². The van der Waals surface area contributed by atoms with Gasteiger partial charge < -0.3 is 10.5 Å². The maximum Gasteiger partial charge on any atom is 0.276 e. The molecule has 0 saturated heterocycles. The fourth-order valence-corrected chi connectivity index (χ4v) is 1.75. The van der Waals surface area contributed by atoms with Gasteiger partial charge in [0, 0.05) is 18.2 Å². The molecule has 0 atom stereocenters. The Morgan fingerprint density at radius 1 is 1.37 bits per heavy atom. The summed E-state index contributed by atoms with van der Waals surface area (Å²) in [7, 11) is 0. The van der Waals surface area contributed by atoms with Crippen LogP contribution in [0.4, 0.5) is 0 Å². The van der Waals surface area contributed by atoms with E-state index in [9.17, 15) is 9.59 Å². The molecule has 0 unspecified atom stereocenters. The molecule has 1 aromatic carbocycles. The third-order valence-corrected chi connectivity index (χ3v) is 2.63. The van der Waals surface area contributed by atoms with E-state index in [1.807, 2.05) is 6.92 Å². The van der Waals surface area contributed by atoms with Crippen LogP contribution in [0.25, 0.3) is 0 Å². The summed E-state index contributed by atoms with van der Waals surface area (Å²) in [6.07, 6.45) is 0. The second kappa shape index (κ2) is 5.53. The van der Waals surface area contributed by atoms with Crippen molar-refractivity contribution in [2.45, 2.75) is 13.5 Å². The molecular weight excluding hydrogens is 246 g/mol. The summed E-state index contributed by atoms with van der Waals surface area (Å²) >= 11 is 0. The number of carbonyl (C=O) groups is 1. The van der Waals surface area contributed by atoms with E-state index in [1.165, 1.54) is 6.07 Å². The van der Waals surface area contributed by atoms with E-state index in [0.717, 1.165) is 4.68 Å². The lowest BCUT2D eigenvalue weighted by molar-refractivity contribution is 0.0941. The fourth-order valence-electron chi connectivity index (χ4n) is 1.75. The molecule has 2 aromatic rings. The number of hydrogen-bond donors (Lipinski definition) is 2. The molecule has 0 amide bonds. The van der Waals surface area contributed by atoms with Gasteiger partial charge in [0.2, 0.25) is 0 Å². The number of nitrogens with one attached hydrogen (secondary N) is 1. The maximum absolute atomic E-state index is 12.2. The molecule has 0 saturated carbocycles. The molecule has 0 spiro atoms. The van der Waals surface area contributed by atoms with Crippen LogP contribution in [0, 0.1) is 0 Å². The molecule has 0 bridgehead atoms. The second-order valence-electron chi connectivity index (χ2n) is 3.91. The molecular formula is C13H15N3O3. The minimum Gasteiger partial charge on any atom is -0.494 e. The molecule has 2 rings (SSSR count). The highest BCUT2D eigenvalue weighted by atomic mass is 16.5. The van der Waals surface area contributed by atoms with Crippen LogP contribution in [-0.4, -0.2) is 22.3 Å². The summed E-state index contributed by atoms with van der Waals surface area (Å²) < 4.78 is 6.46. The minimum absolute atomic E-state index is 0.113. The van der Waals surface area contributed by atoms with Crippen molar-refractivity contribution in [2.75, 3.05) is 6.61 Å². The van der Waals surface area contributed by atoms with Gasteiger partial charge in [-0.2, -0.15) is 0 Å². The number of nitrogens with zero attached hydrogens (tertiary/aromatic N) is 1. The van der Waals surface area contributed by atoms with Crippen LogP contribution in [0.15, 0.2) is 35.1 Å². The predicted molar refractivity (Wildman–Crippen MR) is 70.3 cm³/mol. The van der Waals surface area contributed by atoms with Crippen molar-refractivity contribution < 1.29 is 9.53 Å². The minimum atomic E-state index is -0.347. The van der Waals surface area contributed by atoms with E-state index in [-0.39, 0.29) is 18.0 Å². The highest BCUT2D eigenvalue weighted by molar-refractivity contribution is 5.95. The number of hydrogen-bond acceptors (Lipinski definition) is 4. The smallest absolute Gasteiger partial charge is 0.276 e. The molecule has 19 heavy (non-hydrogen) atoms. The number of benzene rings is 1. The Morgan fingerprint density at radius 2 is 2.05 bits per heavy atom. The number of aromatic nitrogens is 2. The van der Waals surface area contributed by atoms with Crippen LogP contribution in [0.5, 0.6) is 5.75 Å². The Labute approximate surface area is 109 Å². The van der Waals surface area contributed by atoms with Crippen molar-refractivity contribution in [3.8, 4) is 5.75 Å². The van der Waals surface area contributed by atoms with Crippen molar-refractivity contribution in [3.63, 3.8) is 0 Å². The number of aromatic amines is 1. The van der Waals surface area contributed by atoms with Gasteiger partial charge >= 0.3 is 0 Å². The van der Waals surface area contributed by atoms with Crippen molar-refractivity contribution in [2.24, 2.45) is 5.73 Å². The molecule has 6 heteroatoms. The van der Waals surface area contributed by atoms with Gasteiger partial charge in [0.25, 0.3) is 11.5 Å². The first kappa shape index (κ1) is 13.1. The molecule has 100 valence electrons. The lowest BCUT2D eigenvalue weighted by atomic mass is 10.2. The maximum atomic E-state index is 12.2. The number of rotatable bonds is 4. The summed E-state index contributed by atoms with van der Waals surface area (Å²) in [5.41, 5.74) is 6.04. The first-order chi connectivity index (χ1) is 9.15. The Kier molecular flexibility index (Phi) is 3.82. The number of ether oxygens (including phenoxy) is 1. The summed E-state index contributed by atoms with van der Waals surface area (Å²) in [5, 5.41) is 2.43. The Bertz CT molecular complexity index is 625. The second-order valence-corrected chi connectivity index (χ2v) is 3.91. The van der Waals surface area contributed by atoms with Crippen molar-refractivity contribution in [1.29, 1.82) is 0 Å². The average molecular weight is 261 g/mol. The van der Waals surface area contributed by atoms with Crippen molar-refractivity contribution >= 4 is 5.91 Å². The SMILES string of the molecule is CCOc1ccc(C(=O)n2[nH]c(=O)cc2CN)cc1. The van der Waals surface area contributed by atoms with E-state index >= 15 is 0 Å². The van der Waals surface area contributed by atoms with Crippen LogP contribution < -0.4 is 16.0 Å². The van der Waals surface area contributed by atoms with E-state index in [2.05, 4.69) is 5.10 Å². The molecule has 0 radical (unpaired) electrons. The van der Waals surface area contributed by atoms with E-state index < -0.39 is 0 Å². The van der Waals surface area contributed by atoms with Gasteiger partial charge in [0.05, 0.1) is 12.3 Å². The topological polar surface area (TPSA) is 90.1 Å². The Balaban J connectivity index is 2.30. The standard InChI is InChI=1S/C13H15N3O3/c1-2-19-11-5-3-9(4-6-11)13(18)16-10(8-14)7-12(17)15-16/h3-7H,2,8,14H2,1H3,(H,15,17). The Hall–Kier alpha value is -2.34. The lowest BCUT2D eigenvalue weighted by Gasteiger charge is -2.07. The van der Waals surface area contributed by atoms with Gasteiger partial charge in [-0.15, -0.1) is 0 Å². The first-order valence-corrected chi connectivity index (χ1v) is 5.94. The number of H-pyrrole nitrogens is 1. The summed E-state index contributed by atoms with van der Waals surface area (Å²) in [6, 6.07) is 8.02. The molecule has 6 nitrogen and oxygen atoms in total. The van der Waals surface area contributed by atoms with Gasteiger partial charge in [-0.1, -0.05) is 0 Å². The largest absolute Gasteiger partial charge is 0.494 e. The van der Waals surface area contributed by atoms with Crippen LogP contribution >= 0.6 is 0 Å². The van der Waals surface area contributed by atoms with Gasteiger partial charge in [-0.3, -0.25) is 14.7 Å². The van der Waals surface area contributed by atoms with Crippen LogP contribution in [0.2, 0.25) is 0 Å². The molecule has 1 aromatic heterocycles. The number of carbonyl (C=O) groups excluding carboxylic acids is 1. The zero-order valence-electron chi connectivity index (χ0n) is 10.6. The quantitative estimate of drug-likeness (QED) is 0.848. The Morgan fingerprint density at radius 3 is 2.63 bits per heavy atom. The van der Waals surface area contributed by atoms with E-state index in [1.54, 1.807) is 24.3 Å². The molecule has 0 aliphatic heterocycles. The van der Waals surface area contributed by atoms with Gasteiger partial charge in [0.15, 0.2) is 0 Å². The van der Waals surface area contributed by atoms with Gasteiger partial charge in [-0.05, 0) is 31.2 Å². The summed E-state index contributed by atoms with van der Waals surface area (Å²) in [4.78, 5) is 23.4. The average Bonchev–Trinajstić information content (AvgIpc) is 2.80. The summed E-state index contributed by atoms with van der Waals surface area (Å²) in [6.45, 7) is 2.56. The van der Waals surface area contributed by atoms with E-state index in [0.29, 0.717) is 23.6 Å². The third kappa shape index (κ3) is 2.74. The van der Waals surface area contributed by atoms with Crippen LogP contribution in [0.3, 0.4) is 0 Å².